The standard InChI is InChI=1S/C18H30N2O/c1-2-4-14-6-9-18(19)15(11-14)12-20(16-7-8-16)13-17-5-3-10-21-17/h3,5,10,14-16,18H,2,4,6-9,11-13,19H2,1H3. The van der Waals surface area contributed by atoms with Gasteiger partial charge in [0.2, 0.25) is 0 Å². The first-order chi connectivity index (χ1) is 10.3. The molecule has 1 aromatic heterocycles. The van der Waals surface area contributed by atoms with E-state index in [1.54, 1.807) is 6.26 Å². The Hall–Kier alpha value is -0.800. The van der Waals surface area contributed by atoms with Crippen molar-refractivity contribution in [2.24, 2.45) is 17.6 Å². The molecule has 0 saturated heterocycles. The van der Waals surface area contributed by atoms with E-state index in [1.807, 2.05) is 6.07 Å². The van der Waals surface area contributed by atoms with Crippen molar-refractivity contribution in [3.8, 4) is 0 Å². The minimum atomic E-state index is 0.399. The predicted molar refractivity (Wildman–Crippen MR) is 85.9 cm³/mol. The number of hydrogen-bond acceptors (Lipinski definition) is 3. The lowest BCUT2D eigenvalue weighted by Crippen LogP contribution is -2.43. The Morgan fingerprint density at radius 1 is 1.29 bits per heavy atom. The molecular formula is C18H30N2O. The third-order valence-corrected chi connectivity index (χ3v) is 5.32. The molecule has 2 saturated carbocycles. The summed E-state index contributed by atoms with van der Waals surface area (Å²) in [6.45, 7) is 4.42. The lowest BCUT2D eigenvalue weighted by Gasteiger charge is -2.37. The lowest BCUT2D eigenvalue weighted by molar-refractivity contribution is 0.135. The van der Waals surface area contributed by atoms with Gasteiger partial charge < -0.3 is 10.2 Å². The van der Waals surface area contributed by atoms with Crippen LogP contribution < -0.4 is 5.73 Å². The predicted octanol–water partition coefficient (Wildman–Crippen LogP) is 3.79. The SMILES string of the molecule is CCCC1CCC(N)C(CN(Cc2ccco2)C2CC2)C1. The molecule has 3 heteroatoms. The first-order valence-electron chi connectivity index (χ1n) is 8.78. The zero-order valence-electron chi connectivity index (χ0n) is 13.3. The highest BCUT2D eigenvalue weighted by atomic mass is 16.3. The highest BCUT2D eigenvalue weighted by molar-refractivity contribution is 5.00. The van der Waals surface area contributed by atoms with Crippen molar-refractivity contribution in [2.45, 2.75) is 70.5 Å². The molecule has 3 nitrogen and oxygen atoms in total. The van der Waals surface area contributed by atoms with E-state index in [-0.39, 0.29) is 0 Å². The monoisotopic (exact) mass is 290 g/mol. The maximum absolute atomic E-state index is 6.43. The van der Waals surface area contributed by atoms with Crippen LogP contribution in [0.15, 0.2) is 22.8 Å². The molecule has 2 aliphatic rings. The topological polar surface area (TPSA) is 42.4 Å². The Morgan fingerprint density at radius 3 is 2.81 bits per heavy atom. The van der Waals surface area contributed by atoms with Crippen LogP contribution in [0.2, 0.25) is 0 Å². The second-order valence-corrected chi connectivity index (χ2v) is 7.13. The molecule has 0 amide bonds. The van der Waals surface area contributed by atoms with Crippen LogP contribution in [0.4, 0.5) is 0 Å². The summed E-state index contributed by atoms with van der Waals surface area (Å²) in [6, 6.07) is 5.25. The zero-order valence-corrected chi connectivity index (χ0v) is 13.3. The molecule has 118 valence electrons. The average molecular weight is 290 g/mol. The van der Waals surface area contributed by atoms with E-state index in [4.69, 9.17) is 10.2 Å². The van der Waals surface area contributed by atoms with E-state index in [9.17, 15) is 0 Å². The van der Waals surface area contributed by atoms with Crippen LogP contribution in [0.3, 0.4) is 0 Å². The van der Waals surface area contributed by atoms with Crippen LogP contribution in [0.5, 0.6) is 0 Å². The van der Waals surface area contributed by atoms with Crippen LogP contribution >= 0.6 is 0 Å². The van der Waals surface area contributed by atoms with Crippen LogP contribution in [0, 0.1) is 11.8 Å². The second kappa shape index (κ2) is 6.97. The maximum atomic E-state index is 6.43. The molecule has 0 radical (unpaired) electrons. The Kier molecular flexibility index (Phi) is 5.02. The van der Waals surface area contributed by atoms with Crippen molar-refractivity contribution in [1.29, 1.82) is 0 Å². The third kappa shape index (κ3) is 4.10. The molecule has 1 aromatic rings. The summed E-state index contributed by atoms with van der Waals surface area (Å²) in [7, 11) is 0. The number of hydrogen-bond donors (Lipinski definition) is 1. The highest BCUT2D eigenvalue weighted by Gasteiger charge is 2.34. The average Bonchev–Trinajstić information content (AvgIpc) is 3.20. The van der Waals surface area contributed by atoms with Gasteiger partial charge in [-0.1, -0.05) is 19.8 Å². The van der Waals surface area contributed by atoms with Gasteiger partial charge in [-0.3, -0.25) is 4.90 Å². The van der Waals surface area contributed by atoms with Gasteiger partial charge in [-0.15, -0.1) is 0 Å². The normalized spacial score (nSPS) is 30.0. The number of nitrogens with zero attached hydrogens (tertiary/aromatic N) is 1. The molecule has 0 bridgehead atoms. The van der Waals surface area contributed by atoms with Crippen LogP contribution in [-0.2, 0) is 6.54 Å². The first kappa shape index (κ1) is 15.1. The summed E-state index contributed by atoms with van der Waals surface area (Å²) >= 11 is 0. The van der Waals surface area contributed by atoms with E-state index in [0.717, 1.165) is 30.8 Å². The molecule has 3 atom stereocenters. The fourth-order valence-corrected chi connectivity index (χ4v) is 3.95. The fourth-order valence-electron chi connectivity index (χ4n) is 3.95. The highest BCUT2D eigenvalue weighted by Crippen LogP contribution is 2.35. The molecule has 0 aliphatic heterocycles. The van der Waals surface area contributed by atoms with Gasteiger partial charge in [0.05, 0.1) is 12.8 Å². The van der Waals surface area contributed by atoms with Gasteiger partial charge in [0.1, 0.15) is 5.76 Å². The maximum Gasteiger partial charge on any atom is 0.117 e. The Morgan fingerprint density at radius 2 is 2.14 bits per heavy atom. The van der Waals surface area contributed by atoms with Gasteiger partial charge in [0.25, 0.3) is 0 Å². The van der Waals surface area contributed by atoms with Crippen LogP contribution in [-0.4, -0.2) is 23.5 Å². The fraction of sp³-hybridized carbons (Fsp3) is 0.778. The molecule has 2 aliphatic carbocycles. The Labute approximate surface area is 128 Å². The Bertz CT molecular complexity index is 413. The molecule has 3 unspecified atom stereocenters. The largest absolute Gasteiger partial charge is 0.468 e. The number of nitrogens with two attached hydrogens (primary N) is 1. The van der Waals surface area contributed by atoms with Crippen molar-refractivity contribution in [3.05, 3.63) is 24.2 Å². The van der Waals surface area contributed by atoms with Crippen molar-refractivity contribution in [1.82, 2.24) is 4.90 Å². The number of furan rings is 1. The summed E-state index contributed by atoms with van der Waals surface area (Å²) in [4.78, 5) is 2.62. The smallest absolute Gasteiger partial charge is 0.117 e. The van der Waals surface area contributed by atoms with Crippen molar-refractivity contribution < 1.29 is 4.42 Å². The molecule has 1 heterocycles. The van der Waals surface area contributed by atoms with Gasteiger partial charge >= 0.3 is 0 Å². The first-order valence-corrected chi connectivity index (χ1v) is 8.78. The van der Waals surface area contributed by atoms with E-state index < -0.39 is 0 Å². The molecule has 21 heavy (non-hydrogen) atoms. The molecular weight excluding hydrogens is 260 g/mol. The van der Waals surface area contributed by atoms with Crippen molar-refractivity contribution >= 4 is 0 Å². The van der Waals surface area contributed by atoms with Gasteiger partial charge in [-0.05, 0) is 56.1 Å². The Balaban J connectivity index is 1.58. The van der Waals surface area contributed by atoms with E-state index in [1.165, 1.54) is 44.9 Å². The zero-order chi connectivity index (χ0) is 14.7. The van der Waals surface area contributed by atoms with Crippen LogP contribution in [0.1, 0.15) is 57.6 Å². The summed E-state index contributed by atoms with van der Waals surface area (Å²) in [6.07, 6.45) is 11.1. The summed E-state index contributed by atoms with van der Waals surface area (Å²) in [5.41, 5.74) is 6.43. The van der Waals surface area contributed by atoms with Gasteiger partial charge in [0, 0.05) is 18.6 Å². The van der Waals surface area contributed by atoms with Crippen molar-refractivity contribution in [2.75, 3.05) is 6.54 Å². The van der Waals surface area contributed by atoms with E-state index >= 15 is 0 Å². The summed E-state index contributed by atoms with van der Waals surface area (Å²) in [5, 5.41) is 0. The van der Waals surface area contributed by atoms with E-state index in [0.29, 0.717) is 12.0 Å². The quantitative estimate of drug-likeness (QED) is 0.831. The third-order valence-electron chi connectivity index (χ3n) is 5.32. The van der Waals surface area contributed by atoms with Gasteiger partial charge in [0.15, 0.2) is 0 Å². The number of rotatable bonds is 7. The minimum Gasteiger partial charge on any atom is -0.468 e. The van der Waals surface area contributed by atoms with E-state index in [2.05, 4.69) is 17.9 Å². The summed E-state index contributed by atoms with van der Waals surface area (Å²) in [5.74, 6) is 2.67. The molecule has 2 N–H and O–H groups in total. The molecule has 2 fully saturated rings. The van der Waals surface area contributed by atoms with Crippen molar-refractivity contribution in [3.63, 3.8) is 0 Å². The lowest BCUT2D eigenvalue weighted by atomic mass is 9.76. The van der Waals surface area contributed by atoms with Gasteiger partial charge in [-0.2, -0.15) is 0 Å². The summed E-state index contributed by atoms with van der Waals surface area (Å²) < 4.78 is 5.54. The van der Waals surface area contributed by atoms with Crippen LogP contribution in [0.25, 0.3) is 0 Å². The molecule has 3 rings (SSSR count). The second-order valence-electron chi connectivity index (χ2n) is 7.13. The molecule has 0 aromatic carbocycles. The minimum absolute atomic E-state index is 0.399. The molecule has 0 spiro atoms. The van der Waals surface area contributed by atoms with Gasteiger partial charge in [-0.25, -0.2) is 0 Å².